The van der Waals surface area contributed by atoms with E-state index in [0.717, 1.165) is 39.4 Å². The van der Waals surface area contributed by atoms with Gasteiger partial charge in [0.15, 0.2) is 0 Å². The van der Waals surface area contributed by atoms with Gasteiger partial charge in [0.1, 0.15) is 0 Å². The number of ether oxygens (including phenoxy) is 2. The molecule has 0 aliphatic carbocycles. The molecule has 4 heteroatoms. The summed E-state index contributed by atoms with van der Waals surface area (Å²) >= 11 is 0. The molecular formula is C12H24N2O2. The fraction of sp³-hybridized carbons (Fsp3) is 1.00. The van der Waals surface area contributed by atoms with Crippen LogP contribution >= 0.6 is 0 Å². The lowest BCUT2D eigenvalue weighted by molar-refractivity contribution is -0.0304. The smallest absolute Gasteiger partial charge is 0.0826 e. The SMILES string of the molecule is CCOC1CCCN(CC2CNCCO2)C1. The van der Waals surface area contributed by atoms with Crippen molar-refractivity contribution in [2.45, 2.75) is 32.0 Å². The van der Waals surface area contributed by atoms with Crippen LogP contribution in [0.5, 0.6) is 0 Å². The highest BCUT2D eigenvalue weighted by Gasteiger charge is 2.23. The second-order valence-electron chi connectivity index (χ2n) is 4.68. The Morgan fingerprint density at radius 3 is 3.19 bits per heavy atom. The molecule has 0 spiro atoms. The van der Waals surface area contributed by atoms with Crippen LogP contribution in [0.4, 0.5) is 0 Å². The summed E-state index contributed by atoms with van der Waals surface area (Å²) in [5.74, 6) is 0. The molecule has 1 N–H and O–H groups in total. The molecule has 0 amide bonds. The van der Waals surface area contributed by atoms with Gasteiger partial charge in [0.05, 0.1) is 18.8 Å². The molecule has 2 unspecified atom stereocenters. The number of hydrogen-bond donors (Lipinski definition) is 1. The Morgan fingerprint density at radius 2 is 2.44 bits per heavy atom. The second-order valence-corrected chi connectivity index (χ2v) is 4.68. The maximum atomic E-state index is 5.73. The Bertz CT molecular complexity index is 193. The van der Waals surface area contributed by atoms with Crippen LogP contribution in [0.25, 0.3) is 0 Å². The normalized spacial score (nSPS) is 32.8. The minimum atomic E-state index is 0.370. The number of piperidine rings is 1. The first-order chi connectivity index (χ1) is 7.88. The zero-order valence-corrected chi connectivity index (χ0v) is 10.3. The van der Waals surface area contributed by atoms with Gasteiger partial charge in [-0.25, -0.2) is 0 Å². The molecule has 2 atom stereocenters. The number of nitrogens with one attached hydrogen (secondary N) is 1. The Morgan fingerprint density at radius 1 is 1.50 bits per heavy atom. The molecule has 2 saturated heterocycles. The van der Waals surface area contributed by atoms with Gasteiger partial charge in [-0.15, -0.1) is 0 Å². The van der Waals surface area contributed by atoms with Gasteiger partial charge in [0, 0.05) is 32.8 Å². The lowest BCUT2D eigenvalue weighted by Crippen LogP contribution is -2.49. The van der Waals surface area contributed by atoms with Crippen LogP contribution in [-0.2, 0) is 9.47 Å². The number of hydrogen-bond acceptors (Lipinski definition) is 4. The summed E-state index contributed by atoms with van der Waals surface area (Å²) in [6.45, 7) is 9.09. The molecule has 0 aromatic heterocycles. The van der Waals surface area contributed by atoms with Crippen molar-refractivity contribution < 1.29 is 9.47 Å². The van der Waals surface area contributed by atoms with E-state index in [9.17, 15) is 0 Å². The van der Waals surface area contributed by atoms with Gasteiger partial charge in [0.2, 0.25) is 0 Å². The maximum Gasteiger partial charge on any atom is 0.0826 e. The van der Waals surface area contributed by atoms with Crippen LogP contribution in [0.3, 0.4) is 0 Å². The van der Waals surface area contributed by atoms with E-state index in [1.165, 1.54) is 19.4 Å². The van der Waals surface area contributed by atoms with E-state index in [2.05, 4.69) is 17.1 Å². The van der Waals surface area contributed by atoms with Crippen molar-refractivity contribution >= 4 is 0 Å². The lowest BCUT2D eigenvalue weighted by Gasteiger charge is -2.35. The molecule has 4 nitrogen and oxygen atoms in total. The average molecular weight is 228 g/mol. The molecule has 0 bridgehead atoms. The van der Waals surface area contributed by atoms with Gasteiger partial charge in [0.25, 0.3) is 0 Å². The molecule has 0 radical (unpaired) electrons. The first-order valence-electron chi connectivity index (χ1n) is 6.54. The van der Waals surface area contributed by atoms with E-state index >= 15 is 0 Å². The summed E-state index contributed by atoms with van der Waals surface area (Å²) in [6, 6.07) is 0. The third-order valence-corrected chi connectivity index (χ3v) is 3.33. The largest absolute Gasteiger partial charge is 0.377 e. The first-order valence-corrected chi connectivity index (χ1v) is 6.54. The lowest BCUT2D eigenvalue weighted by atomic mass is 10.1. The summed E-state index contributed by atoms with van der Waals surface area (Å²) in [4.78, 5) is 2.49. The van der Waals surface area contributed by atoms with Crippen LogP contribution in [0.1, 0.15) is 19.8 Å². The topological polar surface area (TPSA) is 33.7 Å². The summed E-state index contributed by atoms with van der Waals surface area (Å²) in [6.07, 6.45) is 3.28. The molecule has 0 aromatic rings. The number of rotatable bonds is 4. The fourth-order valence-electron chi connectivity index (χ4n) is 2.58. The minimum Gasteiger partial charge on any atom is -0.377 e. The van der Waals surface area contributed by atoms with E-state index in [-0.39, 0.29) is 0 Å². The number of likely N-dealkylation sites (tertiary alicyclic amines) is 1. The Hall–Kier alpha value is -0.160. The van der Waals surface area contributed by atoms with Crippen molar-refractivity contribution in [2.24, 2.45) is 0 Å². The van der Waals surface area contributed by atoms with Crippen molar-refractivity contribution in [2.75, 3.05) is 45.9 Å². The van der Waals surface area contributed by atoms with E-state index in [1.54, 1.807) is 0 Å². The molecule has 94 valence electrons. The molecule has 16 heavy (non-hydrogen) atoms. The summed E-state index contributed by atoms with van der Waals surface area (Å²) in [5, 5.41) is 3.38. The molecule has 2 fully saturated rings. The zero-order chi connectivity index (χ0) is 11.2. The van der Waals surface area contributed by atoms with Crippen LogP contribution in [-0.4, -0.2) is 63.0 Å². The first kappa shape index (κ1) is 12.3. The third-order valence-electron chi connectivity index (χ3n) is 3.33. The van der Waals surface area contributed by atoms with E-state index in [4.69, 9.17) is 9.47 Å². The molecule has 0 aromatic carbocycles. The highest BCUT2D eigenvalue weighted by atomic mass is 16.5. The maximum absolute atomic E-state index is 5.73. The summed E-state index contributed by atoms with van der Waals surface area (Å²) in [5.41, 5.74) is 0. The van der Waals surface area contributed by atoms with Gasteiger partial charge in [-0.2, -0.15) is 0 Å². The van der Waals surface area contributed by atoms with Crippen molar-refractivity contribution in [3.63, 3.8) is 0 Å². The molecular weight excluding hydrogens is 204 g/mol. The molecule has 0 saturated carbocycles. The average Bonchev–Trinajstić information content (AvgIpc) is 2.31. The van der Waals surface area contributed by atoms with Gasteiger partial charge in [-0.05, 0) is 26.3 Å². The quantitative estimate of drug-likeness (QED) is 0.758. The van der Waals surface area contributed by atoms with Gasteiger partial charge in [-0.3, -0.25) is 4.90 Å². The Kier molecular flexibility index (Phi) is 5.03. The predicted molar refractivity (Wildman–Crippen MR) is 63.7 cm³/mol. The molecule has 2 aliphatic rings. The van der Waals surface area contributed by atoms with Crippen molar-refractivity contribution in [3.8, 4) is 0 Å². The Labute approximate surface area is 98.3 Å². The van der Waals surface area contributed by atoms with E-state index in [1.807, 2.05) is 0 Å². The summed E-state index contributed by atoms with van der Waals surface area (Å²) in [7, 11) is 0. The summed E-state index contributed by atoms with van der Waals surface area (Å²) < 4.78 is 11.4. The Balaban J connectivity index is 1.71. The molecule has 2 rings (SSSR count). The third kappa shape index (κ3) is 3.70. The number of morpholine rings is 1. The molecule has 2 aliphatic heterocycles. The van der Waals surface area contributed by atoms with Crippen LogP contribution < -0.4 is 5.32 Å². The predicted octanol–water partition coefficient (Wildman–Crippen LogP) is 0.476. The monoisotopic (exact) mass is 228 g/mol. The van der Waals surface area contributed by atoms with E-state index < -0.39 is 0 Å². The van der Waals surface area contributed by atoms with Crippen LogP contribution in [0.2, 0.25) is 0 Å². The highest BCUT2D eigenvalue weighted by Crippen LogP contribution is 2.14. The van der Waals surface area contributed by atoms with Crippen LogP contribution in [0.15, 0.2) is 0 Å². The van der Waals surface area contributed by atoms with Crippen molar-refractivity contribution in [1.82, 2.24) is 10.2 Å². The van der Waals surface area contributed by atoms with Crippen molar-refractivity contribution in [3.05, 3.63) is 0 Å². The fourth-order valence-corrected chi connectivity index (χ4v) is 2.58. The highest BCUT2D eigenvalue weighted by molar-refractivity contribution is 4.78. The van der Waals surface area contributed by atoms with Gasteiger partial charge in [-0.1, -0.05) is 0 Å². The molecule has 2 heterocycles. The van der Waals surface area contributed by atoms with Crippen LogP contribution in [0, 0.1) is 0 Å². The zero-order valence-electron chi connectivity index (χ0n) is 10.3. The second kappa shape index (κ2) is 6.55. The van der Waals surface area contributed by atoms with Gasteiger partial charge < -0.3 is 14.8 Å². The number of nitrogens with zero attached hydrogens (tertiary/aromatic N) is 1. The van der Waals surface area contributed by atoms with Gasteiger partial charge >= 0.3 is 0 Å². The minimum absolute atomic E-state index is 0.370. The van der Waals surface area contributed by atoms with E-state index in [0.29, 0.717) is 12.2 Å². The standard InChI is InChI=1S/C12H24N2O2/c1-2-15-11-4-3-6-14(9-11)10-12-8-13-5-7-16-12/h11-13H,2-10H2,1H3. The van der Waals surface area contributed by atoms with Crippen molar-refractivity contribution in [1.29, 1.82) is 0 Å².